The van der Waals surface area contributed by atoms with Crippen molar-refractivity contribution >= 4 is 22.6 Å². The number of fused-ring (bicyclic) bond motifs is 1. The highest BCUT2D eigenvalue weighted by atomic mass is 19.1. The normalized spacial score (nSPS) is 11.9. The molecule has 1 N–H and O–H groups in total. The van der Waals surface area contributed by atoms with E-state index in [9.17, 15) is 14.0 Å². The third kappa shape index (κ3) is 6.06. The van der Waals surface area contributed by atoms with Crippen molar-refractivity contribution in [3.63, 3.8) is 0 Å². The van der Waals surface area contributed by atoms with Gasteiger partial charge >= 0.3 is 0 Å². The lowest BCUT2D eigenvalue weighted by Gasteiger charge is -2.29. The molecule has 2 amide bonds. The second-order valence-corrected chi connectivity index (χ2v) is 8.23. The smallest absolute Gasteiger partial charge is 0.261 e. The number of hydrogen-bond acceptors (Lipinski definition) is 3. The fraction of sp³-hybridized carbons (Fsp3) is 0.308. The van der Waals surface area contributed by atoms with Gasteiger partial charge in [-0.15, -0.1) is 0 Å². The second kappa shape index (κ2) is 10.8. The molecule has 6 heteroatoms. The van der Waals surface area contributed by atoms with Crippen molar-refractivity contribution < 1.29 is 18.7 Å². The van der Waals surface area contributed by atoms with E-state index in [-0.39, 0.29) is 30.8 Å². The summed E-state index contributed by atoms with van der Waals surface area (Å²) in [6.07, 6.45) is 0. The molecule has 3 aromatic rings. The van der Waals surface area contributed by atoms with Gasteiger partial charge in [-0.3, -0.25) is 9.59 Å². The lowest BCUT2D eigenvalue weighted by Crippen LogP contribution is -2.49. The standard InChI is InChI=1S/C26H29FN2O3/c1-18(2)15-28-26(31)19(3)29(16-20-11-13-22(27)14-12-20)25(30)17-32-24-10-6-8-21-7-4-5-9-23(21)24/h4-14,18-19H,15-17H2,1-3H3,(H,28,31). The Bertz CT molecular complexity index is 1060. The molecule has 0 aliphatic rings. The van der Waals surface area contributed by atoms with Crippen LogP contribution in [-0.2, 0) is 16.1 Å². The minimum absolute atomic E-state index is 0.175. The first kappa shape index (κ1) is 23.3. The minimum Gasteiger partial charge on any atom is -0.483 e. The molecule has 0 spiro atoms. The Morgan fingerprint density at radius 2 is 1.66 bits per heavy atom. The van der Waals surface area contributed by atoms with Crippen LogP contribution in [0.3, 0.4) is 0 Å². The van der Waals surface area contributed by atoms with Crippen LogP contribution in [0.15, 0.2) is 66.7 Å². The van der Waals surface area contributed by atoms with Gasteiger partial charge in [-0.2, -0.15) is 0 Å². The molecule has 0 aliphatic carbocycles. The predicted octanol–water partition coefficient (Wildman–Crippen LogP) is 4.55. The molecule has 32 heavy (non-hydrogen) atoms. The lowest BCUT2D eigenvalue weighted by atomic mass is 10.1. The van der Waals surface area contributed by atoms with Crippen LogP contribution in [0.4, 0.5) is 4.39 Å². The number of ether oxygens (including phenoxy) is 1. The lowest BCUT2D eigenvalue weighted by molar-refractivity contribution is -0.142. The Hall–Kier alpha value is -3.41. The molecule has 0 radical (unpaired) electrons. The van der Waals surface area contributed by atoms with Crippen LogP contribution in [0.1, 0.15) is 26.3 Å². The SMILES string of the molecule is CC(C)CNC(=O)C(C)N(Cc1ccc(F)cc1)C(=O)COc1cccc2ccccc12. The van der Waals surface area contributed by atoms with Gasteiger partial charge in [0.15, 0.2) is 6.61 Å². The molecule has 168 valence electrons. The van der Waals surface area contributed by atoms with Crippen LogP contribution in [0.2, 0.25) is 0 Å². The Labute approximate surface area is 188 Å². The summed E-state index contributed by atoms with van der Waals surface area (Å²) >= 11 is 0. The zero-order valence-corrected chi connectivity index (χ0v) is 18.7. The van der Waals surface area contributed by atoms with Gasteiger partial charge in [-0.05, 0) is 42.0 Å². The summed E-state index contributed by atoms with van der Waals surface area (Å²) in [5.41, 5.74) is 0.730. The molecule has 1 atom stereocenters. The fourth-order valence-corrected chi connectivity index (χ4v) is 3.37. The molecule has 0 aliphatic heterocycles. The van der Waals surface area contributed by atoms with E-state index in [4.69, 9.17) is 4.74 Å². The van der Waals surface area contributed by atoms with Gasteiger partial charge in [0, 0.05) is 18.5 Å². The van der Waals surface area contributed by atoms with Gasteiger partial charge in [-0.25, -0.2) is 4.39 Å². The molecule has 0 aromatic heterocycles. The number of halogens is 1. The number of nitrogens with zero attached hydrogens (tertiary/aromatic N) is 1. The van der Waals surface area contributed by atoms with E-state index in [0.29, 0.717) is 18.2 Å². The molecule has 3 rings (SSSR count). The highest BCUT2D eigenvalue weighted by molar-refractivity contribution is 5.90. The molecule has 3 aromatic carbocycles. The van der Waals surface area contributed by atoms with E-state index in [1.807, 2.05) is 56.3 Å². The highest BCUT2D eigenvalue weighted by Gasteiger charge is 2.26. The van der Waals surface area contributed by atoms with E-state index in [0.717, 1.165) is 16.3 Å². The Morgan fingerprint density at radius 1 is 0.969 bits per heavy atom. The van der Waals surface area contributed by atoms with Crippen molar-refractivity contribution in [2.45, 2.75) is 33.4 Å². The molecule has 5 nitrogen and oxygen atoms in total. The van der Waals surface area contributed by atoms with Crippen LogP contribution in [0.5, 0.6) is 5.75 Å². The first-order valence-corrected chi connectivity index (χ1v) is 10.8. The summed E-state index contributed by atoms with van der Waals surface area (Å²) in [5.74, 6) is -0.0143. The first-order valence-electron chi connectivity index (χ1n) is 10.8. The number of benzene rings is 3. The van der Waals surface area contributed by atoms with Gasteiger partial charge in [0.25, 0.3) is 5.91 Å². The van der Waals surface area contributed by atoms with E-state index >= 15 is 0 Å². The van der Waals surface area contributed by atoms with Gasteiger partial charge in [-0.1, -0.05) is 62.4 Å². The summed E-state index contributed by atoms with van der Waals surface area (Å²) in [5, 5.41) is 4.80. The Kier molecular flexibility index (Phi) is 7.82. The van der Waals surface area contributed by atoms with Crippen molar-refractivity contribution in [2.24, 2.45) is 5.92 Å². The monoisotopic (exact) mass is 436 g/mol. The zero-order valence-electron chi connectivity index (χ0n) is 18.7. The summed E-state index contributed by atoms with van der Waals surface area (Å²) in [7, 11) is 0. The van der Waals surface area contributed by atoms with Crippen LogP contribution >= 0.6 is 0 Å². The van der Waals surface area contributed by atoms with E-state index in [2.05, 4.69) is 5.32 Å². The van der Waals surface area contributed by atoms with E-state index in [1.165, 1.54) is 17.0 Å². The number of nitrogens with one attached hydrogen (secondary N) is 1. The van der Waals surface area contributed by atoms with Crippen molar-refractivity contribution in [2.75, 3.05) is 13.2 Å². The molecular weight excluding hydrogens is 407 g/mol. The molecule has 1 unspecified atom stereocenters. The van der Waals surface area contributed by atoms with Crippen LogP contribution < -0.4 is 10.1 Å². The third-order valence-electron chi connectivity index (χ3n) is 5.22. The average molecular weight is 437 g/mol. The quantitative estimate of drug-likeness (QED) is 0.536. The topological polar surface area (TPSA) is 58.6 Å². The van der Waals surface area contributed by atoms with Crippen molar-refractivity contribution in [3.8, 4) is 5.75 Å². The maximum atomic E-state index is 13.3. The number of rotatable bonds is 9. The van der Waals surface area contributed by atoms with Crippen molar-refractivity contribution in [1.82, 2.24) is 10.2 Å². The van der Waals surface area contributed by atoms with Gasteiger partial charge in [0.1, 0.15) is 17.6 Å². The third-order valence-corrected chi connectivity index (χ3v) is 5.22. The second-order valence-electron chi connectivity index (χ2n) is 8.23. The number of carbonyl (C=O) groups is 2. The Morgan fingerprint density at radius 3 is 2.38 bits per heavy atom. The summed E-state index contributed by atoms with van der Waals surface area (Å²) in [4.78, 5) is 27.3. The molecule has 0 fully saturated rings. The number of amides is 2. The largest absolute Gasteiger partial charge is 0.483 e. The van der Waals surface area contributed by atoms with Crippen LogP contribution in [0.25, 0.3) is 10.8 Å². The van der Waals surface area contributed by atoms with Crippen LogP contribution in [-0.4, -0.2) is 35.9 Å². The summed E-state index contributed by atoms with van der Waals surface area (Å²) in [6.45, 7) is 6.18. The van der Waals surface area contributed by atoms with Crippen molar-refractivity contribution in [3.05, 3.63) is 78.1 Å². The van der Waals surface area contributed by atoms with Crippen molar-refractivity contribution in [1.29, 1.82) is 0 Å². The highest BCUT2D eigenvalue weighted by Crippen LogP contribution is 2.25. The fourth-order valence-electron chi connectivity index (χ4n) is 3.37. The molecule has 0 heterocycles. The zero-order chi connectivity index (χ0) is 23.1. The predicted molar refractivity (Wildman–Crippen MR) is 124 cm³/mol. The van der Waals surface area contributed by atoms with Crippen LogP contribution in [0, 0.1) is 11.7 Å². The number of hydrogen-bond donors (Lipinski definition) is 1. The van der Waals surface area contributed by atoms with E-state index in [1.54, 1.807) is 19.1 Å². The summed E-state index contributed by atoms with van der Waals surface area (Å²) < 4.78 is 19.2. The number of carbonyl (C=O) groups excluding carboxylic acids is 2. The maximum absolute atomic E-state index is 13.3. The average Bonchev–Trinajstić information content (AvgIpc) is 2.80. The molecule has 0 saturated carbocycles. The minimum atomic E-state index is -0.706. The van der Waals surface area contributed by atoms with Gasteiger partial charge in [0.2, 0.25) is 5.91 Å². The van der Waals surface area contributed by atoms with Gasteiger partial charge in [0.05, 0.1) is 0 Å². The maximum Gasteiger partial charge on any atom is 0.261 e. The van der Waals surface area contributed by atoms with E-state index < -0.39 is 6.04 Å². The summed E-state index contributed by atoms with van der Waals surface area (Å²) in [6, 6.07) is 18.6. The molecule has 0 saturated heterocycles. The Balaban J connectivity index is 1.76. The molecule has 0 bridgehead atoms. The molecular formula is C26H29FN2O3. The van der Waals surface area contributed by atoms with Gasteiger partial charge < -0.3 is 15.0 Å². The first-order chi connectivity index (χ1) is 15.3.